The first-order chi connectivity index (χ1) is 11.6. The third-order valence-electron chi connectivity index (χ3n) is 3.61. The van der Waals surface area contributed by atoms with Gasteiger partial charge in [-0.2, -0.15) is 0 Å². The molecule has 0 saturated heterocycles. The predicted molar refractivity (Wildman–Crippen MR) is 92.4 cm³/mol. The van der Waals surface area contributed by atoms with Crippen molar-refractivity contribution in [2.45, 2.75) is 13.0 Å². The second-order valence-electron chi connectivity index (χ2n) is 5.38. The molecule has 0 saturated carbocycles. The lowest BCUT2D eigenvalue weighted by Crippen LogP contribution is -2.33. The number of hydrogen-bond donors (Lipinski definition) is 1. The summed E-state index contributed by atoms with van der Waals surface area (Å²) in [4.78, 5) is 12.0. The van der Waals surface area contributed by atoms with Crippen molar-refractivity contribution in [3.8, 4) is 11.5 Å². The van der Waals surface area contributed by atoms with Crippen LogP contribution in [0.4, 0.5) is 0 Å². The molecule has 0 fully saturated rings. The van der Waals surface area contributed by atoms with Gasteiger partial charge in [0.25, 0.3) is 5.91 Å². The fourth-order valence-electron chi connectivity index (χ4n) is 2.36. The van der Waals surface area contributed by atoms with Gasteiger partial charge >= 0.3 is 0 Å². The zero-order valence-electron chi connectivity index (χ0n) is 14.2. The molecular formula is C19H23NO4. The van der Waals surface area contributed by atoms with Crippen LogP contribution in [0.3, 0.4) is 0 Å². The number of methoxy groups -OCH3 is 2. The number of nitrogens with one attached hydrogen (secondary N) is 1. The highest BCUT2D eigenvalue weighted by Gasteiger charge is 2.16. The first-order valence-corrected chi connectivity index (χ1v) is 7.76. The quantitative estimate of drug-likeness (QED) is 0.809. The van der Waals surface area contributed by atoms with E-state index >= 15 is 0 Å². The summed E-state index contributed by atoms with van der Waals surface area (Å²) < 4.78 is 16.3. The van der Waals surface area contributed by atoms with Crippen LogP contribution in [0.5, 0.6) is 11.5 Å². The molecule has 1 N–H and O–H groups in total. The fraction of sp³-hybridized carbons (Fsp3) is 0.316. The lowest BCUT2D eigenvalue weighted by Gasteiger charge is -2.19. The Morgan fingerprint density at radius 1 is 1.12 bits per heavy atom. The molecular weight excluding hydrogens is 306 g/mol. The normalized spacial score (nSPS) is 11.6. The second kappa shape index (κ2) is 8.93. The molecule has 0 heterocycles. The van der Waals surface area contributed by atoms with E-state index in [1.807, 2.05) is 55.5 Å². The average molecular weight is 329 g/mol. The lowest BCUT2D eigenvalue weighted by molar-refractivity contribution is -0.123. The molecule has 0 aliphatic rings. The molecule has 128 valence electrons. The summed E-state index contributed by atoms with van der Waals surface area (Å²) in [6.07, 6.45) is -0.288. The third kappa shape index (κ3) is 4.99. The third-order valence-corrected chi connectivity index (χ3v) is 3.61. The molecule has 0 aliphatic heterocycles. The summed E-state index contributed by atoms with van der Waals surface area (Å²) in [5.74, 6) is 1.21. The minimum atomic E-state index is -0.288. The van der Waals surface area contributed by atoms with Crippen molar-refractivity contribution >= 4 is 5.91 Å². The van der Waals surface area contributed by atoms with Crippen molar-refractivity contribution in [3.63, 3.8) is 0 Å². The van der Waals surface area contributed by atoms with Gasteiger partial charge in [0, 0.05) is 19.2 Å². The topological polar surface area (TPSA) is 56.8 Å². The number of hydrogen-bond acceptors (Lipinski definition) is 4. The van der Waals surface area contributed by atoms with Gasteiger partial charge in [0.15, 0.2) is 6.61 Å². The largest absolute Gasteiger partial charge is 0.496 e. The molecule has 1 atom stereocenters. The Morgan fingerprint density at radius 2 is 1.92 bits per heavy atom. The van der Waals surface area contributed by atoms with Gasteiger partial charge < -0.3 is 19.5 Å². The molecule has 1 amide bonds. The van der Waals surface area contributed by atoms with E-state index in [0.29, 0.717) is 12.3 Å². The van der Waals surface area contributed by atoms with Crippen molar-refractivity contribution < 1.29 is 19.0 Å². The van der Waals surface area contributed by atoms with Crippen LogP contribution in [0, 0.1) is 6.92 Å². The number of ether oxygens (including phenoxy) is 3. The summed E-state index contributed by atoms with van der Waals surface area (Å²) in [6, 6.07) is 15.2. The number of carbonyl (C=O) groups is 1. The van der Waals surface area contributed by atoms with Crippen LogP contribution in [-0.2, 0) is 9.53 Å². The number of amides is 1. The highest BCUT2D eigenvalue weighted by atomic mass is 16.5. The maximum Gasteiger partial charge on any atom is 0.258 e. The Bertz CT molecular complexity index is 672. The molecule has 5 nitrogen and oxygen atoms in total. The van der Waals surface area contributed by atoms with Crippen molar-refractivity contribution in [1.29, 1.82) is 0 Å². The first kappa shape index (κ1) is 17.8. The van der Waals surface area contributed by atoms with Crippen LogP contribution in [0.1, 0.15) is 17.2 Å². The maximum atomic E-state index is 12.0. The van der Waals surface area contributed by atoms with E-state index in [4.69, 9.17) is 14.2 Å². The van der Waals surface area contributed by atoms with Crippen molar-refractivity contribution in [3.05, 3.63) is 59.7 Å². The Balaban J connectivity index is 1.87. The maximum absolute atomic E-state index is 12.0. The molecule has 1 unspecified atom stereocenters. The summed E-state index contributed by atoms with van der Waals surface area (Å²) in [5.41, 5.74) is 1.98. The van der Waals surface area contributed by atoms with Gasteiger partial charge in [0.05, 0.1) is 7.11 Å². The van der Waals surface area contributed by atoms with Crippen molar-refractivity contribution in [2.75, 3.05) is 27.4 Å². The summed E-state index contributed by atoms with van der Waals surface area (Å²) in [5, 5.41) is 2.82. The van der Waals surface area contributed by atoms with E-state index in [1.165, 1.54) is 0 Å². The lowest BCUT2D eigenvalue weighted by atomic mass is 10.1. The van der Waals surface area contributed by atoms with Gasteiger partial charge in [-0.1, -0.05) is 30.3 Å². The number of rotatable bonds is 8. The summed E-state index contributed by atoms with van der Waals surface area (Å²) >= 11 is 0. The Morgan fingerprint density at radius 3 is 2.62 bits per heavy atom. The molecule has 0 bridgehead atoms. The molecule has 2 rings (SSSR count). The number of aryl methyl sites for hydroxylation is 1. The minimum Gasteiger partial charge on any atom is -0.496 e. The van der Waals surface area contributed by atoms with E-state index in [1.54, 1.807) is 14.2 Å². The number of para-hydroxylation sites is 1. The van der Waals surface area contributed by atoms with Gasteiger partial charge in [-0.25, -0.2) is 0 Å². The van der Waals surface area contributed by atoms with E-state index in [-0.39, 0.29) is 18.6 Å². The van der Waals surface area contributed by atoms with Gasteiger partial charge in [-0.3, -0.25) is 4.79 Å². The number of carbonyl (C=O) groups excluding carboxylic acids is 1. The number of benzene rings is 2. The highest BCUT2D eigenvalue weighted by molar-refractivity contribution is 5.77. The van der Waals surface area contributed by atoms with Gasteiger partial charge in [-0.15, -0.1) is 0 Å². The average Bonchev–Trinajstić information content (AvgIpc) is 2.61. The van der Waals surface area contributed by atoms with Gasteiger partial charge in [0.1, 0.15) is 17.6 Å². The Kier molecular flexibility index (Phi) is 6.63. The minimum absolute atomic E-state index is 0.0359. The molecule has 2 aromatic rings. The fourth-order valence-corrected chi connectivity index (χ4v) is 2.36. The zero-order chi connectivity index (χ0) is 17.4. The first-order valence-electron chi connectivity index (χ1n) is 7.76. The van der Waals surface area contributed by atoms with Crippen LogP contribution in [-0.4, -0.2) is 33.3 Å². The summed E-state index contributed by atoms with van der Waals surface area (Å²) in [7, 11) is 3.21. The van der Waals surface area contributed by atoms with Crippen LogP contribution < -0.4 is 14.8 Å². The van der Waals surface area contributed by atoms with Crippen LogP contribution in [0.25, 0.3) is 0 Å². The highest BCUT2D eigenvalue weighted by Crippen LogP contribution is 2.26. The van der Waals surface area contributed by atoms with Crippen LogP contribution in [0.2, 0.25) is 0 Å². The molecule has 5 heteroatoms. The van der Waals surface area contributed by atoms with E-state index in [2.05, 4.69) is 5.32 Å². The van der Waals surface area contributed by atoms with Crippen LogP contribution in [0.15, 0.2) is 48.5 Å². The van der Waals surface area contributed by atoms with Gasteiger partial charge in [0.2, 0.25) is 0 Å². The molecule has 0 spiro atoms. The van der Waals surface area contributed by atoms with E-state index in [9.17, 15) is 4.79 Å². The zero-order valence-corrected chi connectivity index (χ0v) is 14.2. The van der Waals surface area contributed by atoms with Gasteiger partial charge in [-0.05, 0) is 30.7 Å². The molecule has 2 aromatic carbocycles. The predicted octanol–water partition coefficient (Wildman–Crippen LogP) is 2.89. The molecule has 0 aromatic heterocycles. The Hall–Kier alpha value is -2.53. The standard InChI is InChI=1S/C19H23NO4/c1-14-7-6-8-15(11-14)24-13-19(21)20-12-18(23-3)16-9-4-5-10-17(16)22-2/h4-11,18H,12-13H2,1-3H3,(H,20,21). The SMILES string of the molecule is COc1ccccc1C(CNC(=O)COc1cccc(C)c1)OC. The molecule has 0 aliphatic carbocycles. The monoisotopic (exact) mass is 329 g/mol. The van der Waals surface area contributed by atoms with E-state index < -0.39 is 0 Å². The van der Waals surface area contributed by atoms with E-state index in [0.717, 1.165) is 16.9 Å². The van der Waals surface area contributed by atoms with Crippen molar-refractivity contribution in [1.82, 2.24) is 5.32 Å². The van der Waals surface area contributed by atoms with Crippen LogP contribution >= 0.6 is 0 Å². The van der Waals surface area contributed by atoms with Crippen molar-refractivity contribution in [2.24, 2.45) is 0 Å². The Labute approximate surface area is 142 Å². The molecule has 0 radical (unpaired) electrons. The molecule has 24 heavy (non-hydrogen) atoms. The second-order valence-corrected chi connectivity index (χ2v) is 5.38. The smallest absolute Gasteiger partial charge is 0.258 e. The summed E-state index contributed by atoms with van der Waals surface area (Å²) in [6.45, 7) is 2.28.